The van der Waals surface area contributed by atoms with Gasteiger partial charge in [-0.15, -0.1) is 0 Å². The maximum atomic E-state index is 6.42. The van der Waals surface area contributed by atoms with Gasteiger partial charge < -0.3 is 23.7 Å². The van der Waals surface area contributed by atoms with Crippen LogP contribution in [0.15, 0.2) is 84.9 Å². The lowest BCUT2D eigenvalue weighted by Crippen LogP contribution is -2.60. The number of ether oxygens (including phenoxy) is 5. The molecule has 0 bridgehead atoms. The van der Waals surface area contributed by atoms with E-state index in [0.29, 0.717) is 13.2 Å². The smallest absolute Gasteiger partial charge is 0.229 e. The largest absolute Gasteiger partial charge is 0.462 e. The minimum atomic E-state index is -0.623. The van der Waals surface area contributed by atoms with Gasteiger partial charge in [-0.3, -0.25) is 0 Å². The highest BCUT2D eigenvalue weighted by Gasteiger charge is 2.47. The molecule has 0 amide bonds. The SMILES string of the molecule is CO[C@H]1[C@H](Oc2ccc(I)cc2)O[C@@H](C)[C@H](OCc2ccccc2)[C@H]1OCc1ccccc1. The summed E-state index contributed by atoms with van der Waals surface area (Å²) < 4.78 is 32.2. The molecule has 0 radical (unpaired) electrons. The van der Waals surface area contributed by atoms with Crippen LogP contribution in [-0.4, -0.2) is 37.8 Å². The Hall–Kier alpha value is -1.97. The Morgan fingerprint density at radius 2 is 1.27 bits per heavy atom. The van der Waals surface area contributed by atoms with Gasteiger partial charge in [0, 0.05) is 10.7 Å². The molecule has 0 aromatic heterocycles. The standard InChI is InChI=1S/C27H29IO5/c1-19-24(30-17-20-9-5-3-6-10-20)25(31-18-21-11-7-4-8-12-21)26(29-2)27(32-19)33-23-15-13-22(28)14-16-23/h3-16,19,24-27H,17-18H2,1-2H3/t19-,24-,25+,26+,27-/m0/s1. The Labute approximate surface area is 209 Å². The van der Waals surface area contributed by atoms with Gasteiger partial charge in [0.15, 0.2) is 0 Å². The van der Waals surface area contributed by atoms with Crippen LogP contribution in [0.2, 0.25) is 0 Å². The second kappa shape index (κ2) is 11.9. The van der Waals surface area contributed by atoms with Crippen LogP contribution >= 0.6 is 22.6 Å². The average Bonchev–Trinajstić information content (AvgIpc) is 2.85. The Balaban J connectivity index is 1.53. The van der Waals surface area contributed by atoms with Gasteiger partial charge in [-0.1, -0.05) is 60.7 Å². The number of hydrogen-bond donors (Lipinski definition) is 0. The van der Waals surface area contributed by atoms with Crippen LogP contribution in [0.25, 0.3) is 0 Å². The van der Waals surface area contributed by atoms with Gasteiger partial charge in [0.2, 0.25) is 6.29 Å². The van der Waals surface area contributed by atoms with Gasteiger partial charge in [0.25, 0.3) is 0 Å². The lowest BCUT2D eigenvalue weighted by atomic mass is 9.98. The summed E-state index contributed by atoms with van der Waals surface area (Å²) in [5.74, 6) is 0.722. The first-order chi connectivity index (χ1) is 16.1. The van der Waals surface area contributed by atoms with Crippen LogP contribution in [-0.2, 0) is 32.2 Å². The molecular formula is C27H29IO5. The Morgan fingerprint density at radius 1 is 0.727 bits per heavy atom. The Bertz CT molecular complexity index is 967. The Morgan fingerprint density at radius 3 is 1.82 bits per heavy atom. The molecule has 0 unspecified atom stereocenters. The Kier molecular flexibility index (Phi) is 8.75. The highest BCUT2D eigenvalue weighted by atomic mass is 127. The highest BCUT2D eigenvalue weighted by Crippen LogP contribution is 2.31. The summed E-state index contributed by atoms with van der Waals surface area (Å²) in [5, 5.41) is 0. The van der Waals surface area contributed by atoms with Crippen molar-refractivity contribution in [3.05, 3.63) is 99.6 Å². The zero-order valence-corrected chi connectivity index (χ0v) is 21.0. The predicted molar refractivity (Wildman–Crippen MR) is 135 cm³/mol. The van der Waals surface area contributed by atoms with Gasteiger partial charge in [0.05, 0.1) is 19.3 Å². The van der Waals surface area contributed by atoms with E-state index >= 15 is 0 Å². The maximum Gasteiger partial charge on any atom is 0.229 e. The monoisotopic (exact) mass is 560 g/mol. The lowest BCUT2D eigenvalue weighted by molar-refractivity contribution is -0.294. The van der Waals surface area contributed by atoms with Crippen LogP contribution in [0.5, 0.6) is 5.75 Å². The van der Waals surface area contributed by atoms with Gasteiger partial charge in [-0.05, 0) is 64.9 Å². The van der Waals surface area contributed by atoms with E-state index in [9.17, 15) is 0 Å². The van der Waals surface area contributed by atoms with Crippen molar-refractivity contribution in [1.29, 1.82) is 0 Å². The molecule has 33 heavy (non-hydrogen) atoms. The molecule has 5 atom stereocenters. The van der Waals surface area contributed by atoms with Crippen molar-refractivity contribution in [2.24, 2.45) is 0 Å². The third kappa shape index (κ3) is 6.55. The quantitative estimate of drug-likeness (QED) is 0.319. The maximum absolute atomic E-state index is 6.42. The van der Waals surface area contributed by atoms with E-state index in [4.69, 9.17) is 23.7 Å². The fourth-order valence-electron chi connectivity index (χ4n) is 3.92. The number of hydrogen-bond acceptors (Lipinski definition) is 5. The van der Waals surface area contributed by atoms with Crippen molar-refractivity contribution in [3.8, 4) is 5.75 Å². The normalized spacial score (nSPS) is 25.0. The van der Waals surface area contributed by atoms with E-state index in [1.165, 1.54) is 0 Å². The summed E-state index contributed by atoms with van der Waals surface area (Å²) >= 11 is 2.27. The second-order valence-electron chi connectivity index (χ2n) is 8.00. The molecule has 0 aliphatic carbocycles. The second-order valence-corrected chi connectivity index (χ2v) is 9.25. The van der Waals surface area contributed by atoms with Crippen molar-refractivity contribution < 1.29 is 23.7 Å². The summed E-state index contributed by atoms with van der Waals surface area (Å²) in [6, 6.07) is 28.1. The molecule has 3 aromatic rings. The van der Waals surface area contributed by atoms with E-state index in [1.807, 2.05) is 91.9 Å². The van der Waals surface area contributed by atoms with Crippen LogP contribution in [0.3, 0.4) is 0 Å². The number of benzene rings is 3. The molecule has 1 saturated heterocycles. The van der Waals surface area contributed by atoms with Gasteiger partial charge in [-0.2, -0.15) is 0 Å². The molecule has 0 N–H and O–H groups in total. The molecule has 1 aliphatic heterocycles. The van der Waals surface area contributed by atoms with Crippen molar-refractivity contribution in [1.82, 2.24) is 0 Å². The topological polar surface area (TPSA) is 46.2 Å². The molecule has 6 heteroatoms. The zero-order chi connectivity index (χ0) is 23.0. The van der Waals surface area contributed by atoms with Crippen LogP contribution in [0, 0.1) is 3.57 Å². The fourth-order valence-corrected chi connectivity index (χ4v) is 4.28. The van der Waals surface area contributed by atoms with Crippen molar-refractivity contribution in [2.75, 3.05) is 7.11 Å². The van der Waals surface area contributed by atoms with E-state index in [-0.39, 0.29) is 18.3 Å². The predicted octanol–water partition coefficient (Wildman–Crippen LogP) is 5.60. The molecule has 1 fully saturated rings. The zero-order valence-electron chi connectivity index (χ0n) is 18.8. The first-order valence-electron chi connectivity index (χ1n) is 11.1. The van der Waals surface area contributed by atoms with Gasteiger partial charge in [0.1, 0.15) is 24.1 Å². The van der Waals surface area contributed by atoms with Crippen LogP contribution < -0.4 is 4.74 Å². The summed E-state index contributed by atoms with van der Waals surface area (Å²) in [6.45, 7) is 2.90. The van der Waals surface area contributed by atoms with Crippen molar-refractivity contribution >= 4 is 22.6 Å². The van der Waals surface area contributed by atoms with E-state index < -0.39 is 12.4 Å². The lowest BCUT2D eigenvalue weighted by Gasteiger charge is -2.44. The summed E-state index contributed by atoms with van der Waals surface area (Å²) in [7, 11) is 1.65. The third-order valence-corrected chi connectivity index (χ3v) is 6.36. The van der Waals surface area contributed by atoms with Crippen molar-refractivity contribution in [2.45, 2.75) is 50.8 Å². The molecular weight excluding hydrogens is 531 g/mol. The molecule has 0 saturated carbocycles. The first kappa shape index (κ1) is 24.2. The number of halogens is 1. The minimum absolute atomic E-state index is 0.255. The molecule has 1 aliphatic rings. The average molecular weight is 560 g/mol. The molecule has 3 aromatic carbocycles. The minimum Gasteiger partial charge on any atom is -0.462 e. The molecule has 0 spiro atoms. The molecule has 174 valence electrons. The number of methoxy groups -OCH3 is 1. The summed E-state index contributed by atoms with van der Waals surface area (Å²) in [6.07, 6.45) is -2.05. The van der Waals surface area contributed by atoms with Crippen molar-refractivity contribution in [3.63, 3.8) is 0 Å². The molecule has 5 nitrogen and oxygen atoms in total. The fraction of sp³-hybridized carbons (Fsp3) is 0.333. The highest BCUT2D eigenvalue weighted by molar-refractivity contribution is 14.1. The van der Waals surface area contributed by atoms with Gasteiger partial charge in [-0.25, -0.2) is 0 Å². The summed E-state index contributed by atoms with van der Waals surface area (Å²) in [4.78, 5) is 0. The van der Waals surface area contributed by atoms with Crippen LogP contribution in [0.1, 0.15) is 18.1 Å². The molecule has 1 heterocycles. The summed E-state index contributed by atoms with van der Waals surface area (Å²) in [5.41, 5.74) is 2.18. The molecule has 4 rings (SSSR count). The van der Waals surface area contributed by atoms with E-state index in [2.05, 4.69) is 22.6 Å². The van der Waals surface area contributed by atoms with Crippen LogP contribution in [0.4, 0.5) is 0 Å². The first-order valence-corrected chi connectivity index (χ1v) is 12.1. The van der Waals surface area contributed by atoms with E-state index in [0.717, 1.165) is 20.4 Å². The number of rotatable bonds is 9. The third-order valence-electron chi connectivity index (χ3n) is 5.64. The van der Waals surface area contributed by atoms with Gasteiger partial charge >= 0.3 is 0 Å². The van der Waals surface area contributed by atoms with E-state index in [1.54, 1.807) is 7.11 Å².